The highest BCUT2D eigenvalue weighted by Crippen LogP contribution is 2.24. The summed E-state index contributed by atoms with van der Waals surface area (Å²) in [4.78, 5) is 22.8. The minimum Gasteiger partial charge on any atom is -0.351 e. The number of carbonyl (C=O) groups is 1. The maximum Gasteiger partial charge on any atom is 0.282 e. The van der Waals surface area contributed by atoms with Crippen LogP contribution in [0, 0.1) is 22.5 Å². The molecule has 0 bridgehead atoms. The van der Waals surface area contributed by atoms with E-state index in [1.807, 2.05) is 13.8 Å². The first kappa shape index (κ1) is 17.4. The topological polar surface area (TPSA) is 72.2 Å². The van der Waals surface area contributed by atoms with Gasteiger partial charge in [0.25, 0.3) is 11.6 Å². The van der Waals surface area contributed by atoms with E-state index in [-0.39, 0.29) is 16.7 Å². The summed E-state index contributed by atoms with van der Waals surface area (Å²) in [5, 5.41) is 13.8. The molecule has 1 N–H and O–H groups in total. The van der Waals surface area contributed by atoms with Crippen molar-refractivity contribution < 1.29 is 9.72 Å². The molecule has 0 aromatic heterocycles. The second kappa shape index (κ2) is 7.41. The van der Waals surface area contributed by atoms with Gasteiger partial charge in [0.15, 0.2) is 0 Å². The molecule has 0 radical (unpaired) electrons. The van der Waals surface area contributed by atoms with Gasteiger partial charge in [0, 0.05) is 18.5 Å². The largest absolute Gasteiger partial charge is 0.351 e. The zero-order valence-corrected chi connectivity index (χ0v) is 13.4. The minimum atomic E-state index is -0.527. The van der Waals surface area contributed by atoms with Crippen LogP contribution in [0.15, 0.2) is 18.2 Å². The summed E-state index contributed by atoms with van der Waals surface area (Å²) in [5.41, 5.74) is 0.476. The van der Waals surface area contributed by atoms with Crippen LogP contribution in [0.4, 0.5) is 5.69 Å². The summed E-state index contributed by atoms with van der Waals surface area (Å²) < 4.78 is 0. The Labute approximate surface area is 129 Å². The monoisotopic (exact) mass is 312 g/mol. The van der Waals surface area contributed by atoms with Crippen LogP contribution in [-0.4, -0.2) is 23.3 Å². The zero-order chi connectivity index (χ0) is 16.0. The van der Waals surface area contributed by atoms with E-state index in [0.29, 0.717) is 18.0 Å². The van der Waals surface area contributed by atoms with Gasteiger partial charge in [-0.15, -0.1) is 11.6 Å². The molecule has 0 aliphatic rings. The lowest BCUT2D eigenvalue weighted by Crippen LogP contribution is -2.34. The molecule has 0 heterocycles. The fourth-order valence-electron chi connectivity index (χ4n) is 2.14. The number of amides is 1. The van der Waals surface area contributed by atoms with Gasteiger partial charge in [-0.05, 0) is 30.7 Å². The molecule has 1 rings (SSSR count). The number of aryl methyl sites for hydroxylation is 1. The van der Waals surface area contributed by atoms with E-state index in [9.17, 15) is 14.9 Å². The van der Waals surface area contributed by atoms with Crippen molar-refractivity contribution in [3.05, 3.63) is 39.4 Å². The Morgan fingerprint density at radius 3 is 2.67 bits per heavy atom. The van der Waals surface area contributed by atoms with Gasteiger partial charge in [-0.2, -0.15) is 0 Å². The van der Waals surface area contributed by atoms with Crippen molar-refractivity contribution in [2.24, 2.45) is 5.41 Å². The summed E-state index contributed by atoms with van der Waals surface area (Å²) in [6.07, 6.45) is 1.75. The van der Waals surface area contributed by atoms with Crippen LogP contribution in [-0.2, 0) is 0 Å². The third-order valence-corrected chi connectivity index (χ3v) is 3.66. The summed E-state index contributed by atoms with van der Waals surface area (Å²) in [6, 6.07) is 4.62. The third kappa shape index (κ3) is 5.01. The zero-order valence-electron chi connectivity index (χ0n) is 12.6. The molecule has 0 saturated heterocycles. The van der Waals surface area contributed by atoms with Crippen LogP contribution in [0.2, 0.25) is 0 Å². The number of halogens is 1. The second-order valence-electron chi connectivity index (χ2n) is 5.87. The highest BCUT2D eigenvalue weighted by molar-refractivity contribution is 6.17. The standard InChI is InChI=1S/C15H21ClN2O3/c1-11-6-4-7-12(18(20)21)13(11)14(19)17-10-15(2,3)8-5-9-16/h4,6-7H,5,8-10H2,1-3H3,(H,17,19). The molecule has 1 aromatic rings. The predicted molar refractivity (Wildman–Crippen MR) is 83.9 cm³/mol. The van der Waals surface area contributed by atoms with Crippen molar-refractivity contribution in [2.45, 2.75) is 33.6 Å². The maximum atomic E-state index is 12.3. The molecule has 0 fully saturated rings. The van der Waals surface area contributed by atoms with Crippen molar-refractivity contribution >= 4 is 23.2 Å². The summed E-state index contributed by atoms with van der Waals surface area (Å²) in [5.74, 6) is 0.180. The van der Waals surface area contributed by atoms with E-state index < -0.39 is 10.8 Å². The number of hydrogen-bond acceptors (Lipinski definition) is 3. The molecule has 116 valence electrons. The van der Waals surface area contributed by atoms with Gasteiger partial charge in [0.05, 0.1) is 4.92 Å². The highest BCUT2D eigenvalue weighted by atomic mass is 35.5. The van der Waals surface area contributed by atoms with Crippen LogP contribution in [0.3, 0.4) is 0 Å². The molecule has 0 saturated carbocycles. The van der Waals surface area contributed by atoms with Gasteiger partial charge < -0.3 is 5.32 Å². The average Bonchev–Trinajstić information content (AvgIpc) is 2.42. The number of rotatable bonds is 7. The van der Waals surface area contributed by atoms with Crippen LogP contribution in [0.25, 0.3) is 0 Å². The Kier molecular flexibility index (Phi) is 6.15. The van der Waals surface area contributed by atoms with E-state index in [1.165, 1.54) is 6.07 Å². The number of hydrogen-bond donors (Lipinski definition) is 1. The Bertz CT molecular complexity index is 530. The number of alkyl halides is 1. The van der Waals surface area contributed by atoms with Gasteiger partial charge in [-0.1, -0.05) is 26.0 Å². The number of carbonyl (C=O) groups excluding carboxylic acids is 1. The van der Waals surface area contributed by atoms with Gasteiger partial charge in [0.2, 0.25) is 0 Å². The lowest BCUT2D eigenvalue weighted by molar-refractivity contribution is -0.385. The molecule has 0 aliphatic carbocycles. The molecule has 21 heavy (non-hydrogen) atoms. The van der Waals surface area contributed by atoms with Crippen LogP contribution in [0.1, 0.15) is 42.6 Å². The smallest absolute Gasteiger partial charge is 0.282 e. The van der Waals surface area contributed by atoms with Gasteiger partial charge in [0.1, 0.15) is 5.56 Å². The molecular weight excluding hydrogens is 292 g/mol. The maximum absolute atomic E-state index is 12.3. The lowest BCUT2D eigenvalue weighted by atomic mass is 9.88. The van der Waals surface area contributed by atoms with Gasteiger partial charge >= 0.3 is 0 Å². The average molecular weight is 313 g/mol. The van der Waals surface area contributed by atoms with E-state index in [0.717, 1.165) is 12.8 Å². The number of nitro benzene ring substituents is 1. The molecule has 0 atom stereocenters. The van der Waals surface area contributed by atoms with Crippen LogP contribution in [0.5, 0.6) is 0 Å². The number of nitrogens with zero attached hydrogens (tertiary/aromatic N) is 1. The Morgan fingerprint density at radius 2 is 2.10 bits per heavy atom. The molecule has 0 spiro atoms. The Balaban J connectivity index is 2.84. The lowest BCUT2D eigenvalue weighted by Gasteiger charge is -2.24. The Hall–Kier alpha value is -1.62. The normalized spacial score (nSPS) is 11.2. The second-order valence-corrected chi connectivity index (χ2v) is 6.24. The molecule has 5 nitrogen and oxygen atoms in total. The van der Waals surface area contributed by atoms with Crippen molar-refractivity contribution in [2.75, 3.05) is 12.4 Å². The van der Waals surface area contributed by atoms with E-state index in [1.54, 1.807) is 19.1 Å². The van der Waals surface area contributed by atoms with E-state index in [4.69, 9.17) is 11.6 Å². The van der Waals surface area contributed by atoms with E-state index in [2.05, 4.69) is 5.32 Å². The van der Waals surface area contributed by atoms with Crippen LogP contribution >= 0.6 is 11.6 Å². The summed E-state index contributed by atoms with van der Waals surface area (Å²) in [6.45, 7) is 6.22. The predicted octanol–water partition coefficient (Wildman–Crippen LogP) is 3.68. The van der Waals surface area contributed by atoms with Crippen molar-refractivity contribution in [3.63, 3.8) is 0 Å². The fraction of sp³-hybridized carbons (Fsp3) is 0.533. The first-order valence-electron chi connectivity index (χ1n) is 6.86. The minimum absolute atomic E-state index is 0.0952. The van der Waals surface area contributed by atoms with Crippen molar-refractivity contribution in [3.8, 4) is 0 Å². The first-order chi connectivity index (χ1) is 9.78. The van der Waals surface area contributed by atoms with E-state index >= 15 is 0 Å². The quantitative estimate of drug-likeness (QED) is 0.474. The first-order valence-corrected chi connectivity index (χ1v) is 7.40. The van der Waals surface area contributed by atoms with Gasteiger partial charge in [-0.25, -0.2) is 0 Å². The Morgan fingerprint density at radius 1 is 1.43 bits per heavy atom. The summed E-state index contributed by atoms with van der Waals surface area (Å²) in [7, 11) is 0. The third-order valence-electron chi connectivity index (χ3n) is 3.39. The molecule has 0 aliphatic heterocycles. The van der Waals surface area contributed by atoms with Crippen molar-refractivity contribution in [1.82, 2.24) is 5.32 Å². The summed E-state index contributed by atoms with van der Waals surface area (Å²) >= 11 is 5.68. The van der Waals surface area contributed by atoms with Crippen LogP contribution < -0.4 is 5.32 Å². The molecular formula is C15H21ClN2O3. The van der Waals surface area contributed by atoms with Crippen molar-refractivity contribution in [1.29, 1.82) is 0 Å². The SMILES string of the molecule is Cc1cccc([N+](=O)[O-])c1C(=O)NCC(C)(C)CCCCl. The molecule has 1 aromatic carbocycles. The fourth-order valence-corrected chi connectivity index (χ4v) is 2.28. The molecule has 1 amide bonds. The molecule has 0 unspecified atom stereocenters. The van der Waals surface area contributed by atoms with Gasteiger partial charge in [-0.3, -0.25) is 14.9 Å². The number of nitrogens with one attached hydrogen (secondary N) is 1. The molecule has 6 heteroatoms. The number of benzene rings is 1. The number of nitro groups is 1. The highest BCUT2D eigenvalue weighted by Gasteiger charge is 2.24.